The number of rotatable bonds is 23. The third-order valence-electron chi connectivity index (χ3n) is 13.5. The lowest BCUT2D eigenvalue weighted by Crippen LogP contribution is -2.16. The molecule has 7 N–H and O–H groups in total. The summed E-state index contributed by atoms with van der Waals surface area (Å²) >= 11 is 0. The first-order valence-corrected chi connectivity index (χ1v) is 31.8. The summed E-state index contributed by atoms with van der Waals surface area (Å²) in [7, 11) is -11.7. The van der Waals surface area contributed by atoms with Crippen molar-refractivity contribution in [3.05, 3.63) is 284 Å². The number of amides is 1. The van der Waals surface area contributed by atoms with Gasteiger partial charge in [-0.1, -0.05) is 121 Å². The Morgan fingerprint density at radius 1 is 0.416 bits per heavy atom. The number of nitrogens with one attached hydrogen (secondary N) is 4. The van der Waals surface area contributed by atoms with Crippen LogP contribution in [0.4, 0.5) is 28.4 Å². The van der Waals surface area contributed by atoms with Gasteiger partial charge in [0.05, 0.1) is 48.5 Å². The van der Waals surface area contributed by atoms with Gasteiger partial charge in [-0.15, -0.1) is 0 Å². The molecule has 458 valence electrons. The van der Waals surface area contributed by atoms with Crippen LogP contribution in [0.2, 0.25) is 0 Å². The SMILES string of the molecule is CC(=O)Nc1ccc(S(=O)(=O)Nc2ccccc2CCc2cccc(C(=O)O)c2)cc1.Cc1ccc(S(=O)(=O)Nc2ccccc2CCc2cccc(C(=O)O)c2)cc1.O=C(O)c1cccc(CCc2ccccc2NS(=O)(=O)c2ccccc2[N+](=O)[O-])c1. The second kappa shape index (κ2) is 30.2. The molecule has 0 saturated heterocycles. The number of carbonyl (C=O) groups excluding carboxylic acids is 1. The zero-order valence-corrected chi connectivity index (χ0v) is 50.4. The molecule has 0 aliphatic rings. The van der Waals surface area contributed by atoms with Gasteiger partial charge < -0.3 is 20.6 Å². The maximum atomic E-state index is 12.8. The van der Waals surface area contributed by atoms with E-state index in [0.717, 1.165) is 39.4 Å². The molecule has 0 aliphatic carbocycles. The van der Waals surface area contributed by atoms with Crippen LogP contribution in [0.25, 0.3) is 0 Å². The predicted octanol–water partition coefficient (Wildman–Crippen LogP) is 12.1. The molecule has 1 amide bonds. The lowest BCUT2D eigenvalue weighted by molar-refractivity contribution is -0.387. The van der Waals surface area contributed by atoms with Gasteiger partial charge in [0, 0.05) is 18.7 Å². The van der Waals surface area contributed by atoms with Gasteiger partial charge in [-0.25, -0.2) is 39.6 Å². The second-order valence-corrected chi connectivity index (χ2v) is 25.1. The number of sulfonamides is 3. The van der Waals surface area contributed by atoms with Crippen molar-refractivity contribution in [1.82, 2.24) is 0 Å². The number of nitro benzene ring substituents is 1. The lowest BCUT2D eigenvalue weighted by atomic mass is 10.0. The number of carboxylic acids is 3. The van der Waals surface area contributed by atoms with E-state index < -0.39 is 63.5 Å². The summed E-state index contributed by atoms with van der Waals surface area (Å²) in [5.74, 6) is -3.21. The summed E-state index contributed by atoms with van der Waals surface area (Å²) in [6.07, 6.45) is 3.21. The molecule has 23 heteroatoms. The number of hydrogen-bond donors (Lipinski definition) is 7. The van der Waals surface area contributed by atoms with Gasteiger partial charge in [0.2, 0.25) is 5.91 Å². The van der Waals surface area contributed by atoms with E-state index in [-0.39, 0.29) is 32.4 Å². The molecule has 0 heterocycles. The third kappa shape index (κ3) is 19.3. The van der Waals surface area contributed by atoms with Gasteiger partial charge in [0.15, 0.2) is 4.90 Å². The predicted molar refractivity (Wildman–Crippen MR) is 339 cm³/mol. The van der Waals surface area contributed by atoms with Crippen molar-refractivity contribution in [2.24, 2.45) is 0 Å². The van der Waals surface area contributed by atoms with Crippen LogP contribution in [0.3, 0.4) is 0 Å². The smallest absolute Gasteiger partial charge is 0.335 e. The fourth-order valence-electron chi connectivity index (χ4n) is 9.01. The van der Waals surface area contributed by atoms with Gasteiger partial charge in [-0.2, -0.15) is 0 Å². The average Bonchev–Trinajstić information content (AvgIpc) is 1.49. The van der Waals surface area contributed by atoms with E-state index in [9.17, 15) is 54.5 Å². The van der Waals surface area contributed by atoms with Crippen LogP contribution in [-0.2, 0) is 73.4 Å². The van der Waals surface area contributed by atoms with Crippen LogP contribution < -0.4 is 19.5 Å². The first kappa shape index (κ1) is 66.0. The molecule has 0 aromatic heterocycles. The molecular weight excluding hydrogens is 1200 g/mol. The molecular formula is C66H61N5O15S3. The summed E-state index contributed by atoms with van der Waals surface area (Å²) in [4.78, 5) is 54.8. The number of hydrogen-bond acceptors (Lipinski definition) is 12. The largest absolute Gasteiger partial charge is 0.478 e. The van der Waals surface area contributed by atoms with Gasteiger partial charge in [0.1, 0.15) is 0 Å². The Morgan fingerprint density at radius 2 is 0.753 bits per heavy atom. The first-order valence-electron chi connectivity index (χ1n) is 27.3. The van der Waals surface area contributed by atoms with E-state index >= 15 is 0 Å². The van der Waals surface area contributed by atoms with Crippen molar-refractivity contribution in [3.63, 3.8) is 0 Å². The van der Waals surface area contributed by atoms with Crippen LogP contribution in [0.5, 0.6) is 0 Å². The number of aromatic carboxylic acids is 3. The Labute approximate surface area is 514 Å². The highest BCUT2D eigenvalue weighted by atomic mass is 32.2. The van der Waals surface area contributed by atoms with Gasteiger partial charge >= 0.3 is 17.9 Å². The van der Waals surface area contributed by atoms with Crippen molar-refractivity contribution < 1.29 is 64.7 Å². The Kier molecular flexibility index (Phi) is 22.4. The lowest BCUT2D eigenvalue weighted by Gasteiger charge is -2.13. The maximum absolute atomic E-state index is 12.8. The minimum absolute atomic E-state index is 0.0746. The average molecular weight is 1260 g/mol. The third-order valence-corrected chi connectivity index (χ3v) is 17.7. The number of nitrogens with zero attached hydrogens (tertiary/aromatic N) is 1. The Morgan fingerprint density at radius 3 is 1.11 bits per heavy atom. The Balaban J connectivity index is 0.000000190. The molecule has 0 fully saturated rings. The van der Waals surface area contributed by atoms with Crippen LogP contribution in [0.15, 0.2) is 233 Å². The molecule has 0 saturated carbocycles. The highest BCUT2D eigenvalue weighted by molar-refractivity contribution is 7.93. The molecule has 9 aromatic rings. The standard InChI is InChI=1S/C23H22N2O5S.C22H21NO4S.C21H18N2O6S/c1-16(26)24-20-11-13-21(14-12-20)31(29,30)25-22-8-3-2-6-18(22)10-9-17-5-4-7-19(15-17)23(27)28;1-16-9-13-20(14-10-16)28(26,27)23-21-8-3-2-6-18(21)12-11-17-5-4-7-19(15-17)22(24)25;24-21(25)17-8-5-6-15(14-17)12-13-16-7-1-2-9-18(16)22-30(28,29)20-11-4-3-10-19(20)23(26)27/h2-8,11-15,25H,9-10H2,1H3,(H,24,26)(H,27,28);2-10,13-15,23H,11-12H2,1H3,(H,24,25);1-11,14,22H,12-13H2,(H,24,25). The fraction of sp³-hybridized carbons (Fsp3) is 0.121. The summed E-state index contributed by atoms with van der Waals surface area (Å²) in [6.45, 7) is 3.28. The number of nitro groups is 1. The van der Waals surface area contributed by atoms with Gasteiger partial charge in [-0.3, -0.25) is 29.1 Å². The quantitative estimate of drug-likeness (QED) is 0.0231. The highest BCUT2D eigenvalue weighted by Gasteiger charge is 2.26. The van der Waals surface area contributed by atoms with Gasteiger partial charge in [-0.05, 0) is 176 Å². The number of benzene rings is 9. The summed E-state index contributed by atoms with van der Waals surface area (Å²) in [5.41, 5.74) is 7.78. The van der Waals surface area contributed by atoms with E-state index in [1.54, 1.807) is 121 Å². The Hall–Kier alpha value is -10.5. The van der Waals surface area contributed by atoms with Crippen LogP contribution in [0.1, 0.15) is 76.9 Å². The summed E-state index contributed by atoms with van der Waals surface area (Å²) in [5, 5.41) is 41.2. The minimum atomic E-state index is -4.18. The molecule has 0 spiro atoms. The molecule has 0 atom stereocenters. The normalized spacial score (nSPS) is 11.1. The highest BCUT2D eigenvalue weighted by Crippen LogP contribution is 2.29. The number of carbonyl (C=O) groups is 4. The van der Waals surface area contributed by atoms with Crippen molar-refractivity contribution >= 4 is 82.3 Å². The van der Waals surface area contributed by atoms with E-state index in [1.165, 1.54) is 61.5 Å². The molecule has 0 unspecified atom stereocenters. The van der Waals surface area contributed by atoms with E-state index in [4.69, 9.17) is 15.3 Å². The zero-order valence-electron chi connectivity index (χ0n) is 47.9. The van der Waals surface area contributed by atoms with Crippen molar-refractivity contribution in [1.29, 1.82) is 0 Å². The van der Waals surface area contributed by atoms with Crippen LogP contribution >= 0.6 is 0 Å². The van der Waals surface area contributed by atoms with Gasteiger partial charge in [0.25, 0.3) is 35.8 Å². The molecule has 0 aliphatic heterocycles. The maximum Gasteiger partial charge on any atom is 0.335 e. The Bertz CT molecular complexity index is 4390. The summed E-state index contributed by atoms with van der Waals surface area (Å²) < 4.78 is 84.3. The number of anilines is 4. The summed E-state index contributed by atoms with van der Waals surface area (Å²) in [6, 6.07) is 58.8. The fourth-order valence-corrected chi connectivity index (χ4v) is 12.5. The number of carboxylic acid groups (broad SMARTS) is 3. The molecule has 9 rings (SSSR count). The number of para-hydroxylation sites is 4. The molecule has 0 bridgehead atoms. The van der Waals surface area contributed by atoms with Crippen molar-refractivity contribution in [2.45, 2.75) is 67.1 Å². The molecule has 9 aromatic carbocycles. The van der Waals surface area contributed by atoms with Crippen molar-refractivity contribution in [2.75, 3.05) is 19.5 Å². The minimum Gasteiger partial charge on any atom is -0.478 e. The first-order chi connectivity index (χ1) is 42.4. The van der Waals surface area contributed by atoms with Crippen LogP contribution in [0, 0.1) is 17.0 Å². The van der Waals surface area contributed by atoms with Crippen molar-refractivity contribution in [3.8, 4) is 0 Å². The monoisotopic (exact) mass is 1260 g/mol. The van der Waals surface area contributed by atoms with E-state index in [2.05, 4.69) is 19.5 Å². The topological polar surface area (TPSA) is 323 Å². The van der Waals surface area contributed by atoms with E-state index in [0.29, 0.717) is 66.8 Å². The molecule has 0 radical (unpaired) electrons. The second-order valence-electron chi connectivity index (χ2n) is 20.0. The zero-order chi connectivity index (χ0) is 64.3. The van der Waals surface area contributed by atoms with E-state index in [1.807, 2.05) is 43.3 Å². The molecule has 20 nitrogen and oxygen atoms in total. The van der Waals surface area contributed by atoms with Crippen LogP contribution in [-0.4, -0.2) is 69.3 Å². The molecule has 89 heavy (non-hydrogen) atoms. The number of aryl methyl sites for hydroxylation is 7.